The topological polar surface area (TPSA) is 68.8 Å². The molecular weight excluding hydrogens is 354 g/mol. The number of oxazole rings is 1. The molecule has 3 heterocycles. The summed E-state index contributed by atoms with van der Waals surface area (Å²) in [7, 11) is 1.65. The Labute approximate surface area is 162 Å². The highest BCUT2D eigenvalue weighted by Gasteiger charge is 2.20. The number of carbonyl (C=O) groups excluding carboxylic acids is 1. The molecule has 0 aliphatic carbocycles. The first-order chi connectivity index (χ1) is 13.7. The van der Waals surface area contributed by atoms with Crippen LogP contribution in [0.3, 0.4) is 0 Å². The Morgan fingerprint density at radius 1 is 1.21 bits per heavy atom. The fourth-order valence-corrected chi connectivity index (χ4v) is 3.24. The quantitative estimate of drug-likeness (QED) is 0.542. The summed E-state index contributed by atoms with van der Waals surface area (Å²) in [6.45, 7) is 2.65. The number of hydrogen-bond acceptors (Lipinski definition) is 4. The lowest BCUT2D eigenvalue weighted by atomic mass is 10.1. The van der Waals surface area contributed by atoms with Crippen molar-refractivity contribution in [2.45, 2.75) is 13.3 Å². The lowest BCUT2D eigenvalue weighted by Crippen LogP contribution is -2.24. The van der Waals surface area contributed by atoms with E-state index < -0.39 is 0 Å². The number of nitrogens with zero attached hydrogens (tertiary/aromatic N) is 2. The van der Waals surface area contributed by atoms with Gasteiger partial charge >= 0.3 is 0 Å². The van der Waals surface area contributed by atoms with E-state index in [9.17, 15) is 4.79 Å². The smallest absolute Gasteiger partial charge is 0.253 e. The van der Waals surface area contributed by atoms with Crippen LogP contribution in [0.5, 0.6) is 5.75 Å². The Balaban J connectivity index is 1.88. The number of amides is 1. The largest absolute Gasteiger partial charge is 0.497 e. The van der Waals surface area contributed by atoms with E-state index in [1.165, 1.54) is 6.39 Å². The third kappa shape index (κ3) is 3.24. The van der Waals surface area contributed by atoms with Crippen LogP contribution in [-0.4, -0.2) is 28.9 Å². The van der Waals surface area contributed by atoms with Crippen LogP contribution in [0, 0.1) is 0 Å². The van der Waals surface area contributed by atoms with Gasteiger partial charge < -0.3 is 18.9 Å². The minimum Gasteiger partial charge on any atom is -0.497 e. The Morgan fingerprint density at radius 3 is 2.86 bits per heavy atom. The minimum absolute atomic E-state index is 0.119. The van der Waals surface area contributed by atoms with E-state index in [-0.39, 0.29) is 5.91 Å². The molecule has 0 aliphatic rings. The van der Waals surface area contributed by atoms with Gasteiger partial charge in [-0.2, -0.15) is 0 Å². The van der Waals surface area contributed by atoms with Gasteiger partial charge in [0.15, 0.2) is 6.39 Å². The van der Waals surface area contributed by atoms with Gasteiger partial charge in [0.2, 0.25) is 0 Å². The second-order valence-electron chi connectivity index (χ2n) is 6.48. The first-order valence-electron chi connectivity index (χ1n) is 9.17. The first-order valence-corrected chi connectivity index (χ1v) is 9.17. The van der Waals surface area contributed by atoms with Crippen LogP contribution in [0.1, 0.15) is 23.7 Å². The molecule has 142 valence electrons. The molecule has 6 nitrogen and oxygen atoms in total. The number of benzene rings is 1. The second kappa shape index (κ2) is 7.60. The van der Waals surface area contributed by atoms with E-state index in [2.05, 4.69) is 10.3 Å². The van der Waals surface area contributed by atoms with Crippen LogP contribution in [0.25, 0.3) is 28.0 Å². The number of pyridine rings is 1. The zero-order chi connectivity index (χ0) is 19.5. The minimum atomic E-state index is -0.119. The molecule has 0 saturated carbocycles. The van der Waals surface area contributed by atoms with Gasteiger partial charge in [0.1, 0.15) is 17.7 Å². The third-order valence-corrected chi connectivity index (χ3v) is 4.63. The van der Waals surface area contributed by atoms with Crippen molar-refractivity contribution in [1.29, 1.82) is 0 Å². The first kappa shape index (κ1) is 17.9. The molecule has 4 rings (SSSR count). The van der Waals surface area contributed by atoms with Gasteiger partial charge in [0.05, 0.1) is 18.4 Å². The fourth-order valence-electron chi connectivity index (χ4n) is 3.24. The zero-order valence-electron chi connectivity index (χ0n) is 15.8. The van der Waals surface area contributed by atoms with Gasteiger partial charge in [-0.1, -0.05) is 25.1 Å². The SMILES string of the molecule is CCCNC(=O)c1cc2ccc(-c3cccc(OC)c3)cn2c1-c1cocn1. The van der Waals surface area contributed by atoms with Gasteiger partial charge in [-0.05, 0) is 41.8 Å². The number of aromatic nitrogens is 2. The monoisotopic (exact) mass is 375 g/mol. The van der Waals surface area contributed by atoms with Crippen molar-refractivity contribution in [2.24, 2.45) is 0 Å². The van der Waals surface area contributed by atoms with Crippen LogP contribution in [0.4, 0.5) is 0 Å². The molecule has 0 atom stereocenters. The van der Waals surface area contributed by atoms with Crippen LogP contribution < -0.4 is 10.1 Å². The summed E-state index contributed by atoms with van der Waals surface area (Å²) < 4.78 is 12.5. The van der Waals surface area contributed by atoms with Crippen molar-refractivity contribution in [3.8, 4) is 28.3 Å². The van der Waals surface area contributed by atoms with Crippen LogP contribution in [0.15, 0.2) is 65.7 Å². The second-order valence-corrected chi connectivity index (χ2v) is 6.48. The summed E-state index contributed by atoms with van der Waals surface area (Å²) in [6, 6.07) is 13.8. The molecule has 1 amide bonds. The van der Waals surface area contributed by atoms with Gasteiger partial charge in [-0.15, -0.1) is 0 Å². The number of rotatable bonds is 6. The molecule has 6 heteroatoms. The van der Waals surface area contributed by atoms with E-state index in [0.29, 0.717) is 23.5 Å². The van der Waals surface area contributed by atoms with E-state index in [1.807, 2.05) is 60.0 Å². The van der Waals surface area contributed by atoms with Crippen molar-refractivity contribution in [2.75, 3.05) is 13.7 Å². The molecule has 0 saturated heterocycles. The standard InChI is InChI=1S/C22H21N3O3/c1-3-9-23-22(26)19-11-17-8-7-16(15-5-4-6-18(10-15)27-2)12-25(17)21(19)20-13-28-14-24-20/h4-8,10-14H,3,9H2,1-2H3,(H,23,26). The van der Waals surface area contributed by atoms with Crippen molar-refractivity contribution < 1.29 is 13.9 Å². The average molecular weight is 375 g/mol. The Morgan fingerprint density at radius 2 is 2.11 bits per heavy atom. The third-order valence-electron chi connectivity index (χ3n) is 4.63. The molecule has 0 unspecified atom stereocenters. The average Bonchev–Trinajstić information content (AvgIpc) is 3.38. The van der Waals surface area contributed by atoms with Gasteiger partial charge in [0.25, 0.3) is 5.91 Å². The number of methoxy groups -OCH3 is 1. The van der Waals surface area contributed by atoms with E-state index >= 15 is 0 Å². The number of ether oxygens (including phenoxy) is 1. The summed E-state index contributed by atoms with van der Waals surface area (Å²) in [6.07, 6.45) is 5.80. The normalized spacial score (nSPS) is 10.9. The summed E-state index contributed by atoms with van der Waals surface area (Å²) in [5, 5.41) is 2.95. The van der Waals surface area contributed by atoms with Crippen molar-refractivity contribution in [1.82, 2.24) is 14.7 Å². The molecule has 0 spiro atoms. The van der Waals surface area contributed by atoms with Crippen molar-refractivity contribution in [3.63, 3.8) is 0 Å². The predicted octanol–water partition coefficient (Wildman–Crippen LogP) is 4.41. The maximum absolute atomic E-state index is 12.7. The highest BCUT2D eigenvalue weighted by molar-refractivity contribution is 6.02. The van der Waals surface area contributed by atoms with Crippen molar-refractivity contribution in [3.05, 3.63) is 66.9 Å². The van der Waals surface area contributed by atoms with E-state index in [1.54, 1.807) is 13.4 Å². The Bertz CT molecular complexity index is 1110. The van der Waals surface area contributed by atoms with Crippen LogP contribution in [-0.2, 0) is 0 Å². The zero-order valence-corrected chi connectivity index (χ0v) is 15.8. The molecule has 0 aliphatic heterocycles. The van der Waals surface area contributed by atoms with E-state index in [4.69, 9.17) is 9.15 Å². The molecule has 28 heavy (non-hydrogen) atoms. The number of carbonyl (C=O) groups is 1. The van der Waals surface area contributed by atoms with Gasteiger partial charge in [0, 0.05) is 18.3 Å². The molecular formula is C22H21N3O3. The highest BCUT2D eigenvalue weighted by atomic mass is 16.5. The van der Waals surface area contributed by atoms with Crippen LogP contribution >= 0.6 is 0 Å². The molecule has 3 aromatic heterocycles. The highest BCUT2D eigenvalue weighted by Crippen LogP contribution is 2.30. The number of nitrogens with one attached hydrogen (secondary N) is 1. The van der Waals surface area contributed by atoms with E-state index in [0.717, 1.165) is 28.8 Å². The summed E-state index contributed by atoms with van der Waals surface area (Å²) >= 11 is 0. The van der Waals surface area contributed by atoms with Crippen LogP contribution in [0.2, 0.25) is 0 Å². The molecule has 0 fully saturated rings. The molecule has 4 aromatic rings. The predicted molar refractivity (Wildman–Crippen MR) is 108 cm³/mol. The fraction of sp³-hybridized carbons (Fsp3) is 0.182. The van der Waals surface area contributed by atoms with Gasteiger partial charge in [-0.25, -0.2) is 4.98 Å². The number of fused-ring (bicyclic) bond motifs is 1. The molecule has 0 bridgehead atoms. The Kier molecular flexibility index (Phi) is 4.85. The summed E-state index contributed by atoms with van der Waals surface area (Å²) in [4.78, 5) is 17.0. The lowest BCUT2D eigenvalue weighted by Gasteiger charge is -2.08. The molecule has 0 radical (unpaired) electrons. The summed E-state index contributed by atoms with van der Waals surface area (Å²) in [5.74, 6) is 0.674. The number of hydrogen-bond donors (Lipinski definition) is 1. The molecule has 1 aromatic carbocycles. The maximum atomic E-state index is 12.7. The molecule has 1 N–H and O–H groups in total. The van der Waals surface area contributed by atoms with Crippen molar-refractivity contribution >= 4 is 11.4 Å². The summed E-state index contributed by atoms with van der Waals surface area (Å²) in [5.41, 5.74) is 4.84. The Hall–Kier alpha value is -3.54. The van der Waals surface area contributed by atoms with Gasteiger partial charge in [-0.3, -0.25) is 4.79 Å². The maximum Gasteiger partial charge on any atom is 0.253 e. The lowest BCUT2D eigenvalue weighted by molar-refractivity contribution is 0.0954.